The molecule has 1 aromatic carbocycles. The second-order valence-electron chi connectivity index (χ2n) is 3.43. The highest BCUT2D eigenvalue weighted by Crippen LogP contribution is 2.06. The zero-order chi connectivity index (χ0) is 8.93. The Hall–Kier alpha value is -0.860. The van der Waals surface area contributed by atoms with Crippen LogP contribution in [-0.2, 0) is 11.3 Å². The maximum atomic E-state index is 5.55. The minimum absolute atomic E-state index is 0.733. The summed E-state index contributed by atoms with van der Waals surface area (Å²) in [6.45, 7) is 3.93. The summed E-state index contributed by atoms with van der Waals surface area (Å²) in [4.78, 5) is 2.31. The number of hydrogen-bond donors (Lipinski definition) is 0. The largest absolute Gasteiger partial charge is 0.361 e. The van der Waals surface area contributed by atoms with Gasteiger partial charge in [0, 0.05) is 13.1 Å². The van der Waals surface area contributed by atoms with Crippen LogP contribution in [0.2, 0.25) is 0 Å². The Labute approximate surface area is 79.1 Å². The molecule has 1 aromatic rings. The zero-order valence-corrected chi connectivity index (χ0v) is 7.78. The van der Waals surface area contributed by atoms with Crippen LogP contribution in [0.4, 0.5) is 0 Å². The summed E-state index contributed by atoms with van der Waals surface area (Å²) in [5, 5.41) is 0. The molecule has 1 aliphatic rings. The first-order valence-corrected chi connectivity index (χ1v) is 4.79. The van der Waals surface area contributed by atoms with Crippen molar-refractivity contribution in [2.24, 2.45) is 0 Å². The molecular weight excluding hydrogens is 162 g/mol. The first-order valence-electron chi connectivity index (χ1n) is 4.79. The molecule has 0 atom stereocenters. The van der Waals surface area contributed by atoms with E-state index in [1.807, 2.05) is 18.2 Å². The molecule has 70 valence electrons. The minimum Gasteiger partial charge on any atom is -0.361 e. The van der Waals surface area contributed by atoms with Gasteiger partial charge >= 0.3 is 0 Å². The Morgan fingerprint density at radius 2 is 1.92 bits per heavy atom. The molecule has 0 aromatic heterocycles. The van der Waals surface area contributed by atoms with Gasteiger partial charge in [0.05, 0.1) is 13.3 Å². The summed E-state index contributed by atoms with van der Waals surface area (Å²) in [6, 6.07) is 10.3. The third-order valence-corrected chi connectivity index (χ3v) is 2.33. The van der Waals surface area contributed by atoms with Gasteiger partial charge in [-0.2, -0.15) is 0 Å². The normalized spacial score (nSPS) is 16.9. The van der Waals surface area contributed by atoms with Crippen molar-refractivity contribution in [3.8, 4) is 0 Å². The summed E-state index contributed by atoms with van der Waals surface area (Å²) >= 11 is 0. The van der Waals surface area contributed by atoms with E-state index in [0.717, 1.165) is 13.3 Å². The van der Waals surface area contributed by atoms with Gasteiger partial charge in [-0.15, -0.1) is 0 Å². The lowest BCUT2D eigenvalue weighted by atomic mass is 10.2. The van der Waals surface area contributed by atoms with E-state index in [-0.39, 0.29) is 0 Å². The predicted molar refractivity (Wildman–Crippen MR) is 52.3 cm³/mol. The quantitative estimate of drug-likeness (QED) is 0.696. The lowest BCUT2D eigenvalue weighted by Crippen LogP contribution is -2.38. The van der Waals surface area contributed by atoms with Gasteiger partial charge < -0.3 is 4.74 Å². The van der Waals surface area contributed by atoms with Gasteiger partial charge in [-0.1, -0.05) is 30.3 Å². The van der Waals surface area contributed by atoms with Gasteiger partial charge in [0.25, 0.3) is 0 Å². The summed E-state index contributed by atoms with van der Waals surface area (Å²) < 4.78 is 5.55. The maximum absolute atomic E-state index is 5.55. The molecule has 0 spiro atoms. The van der Waals surface area contributed by atoms with Crippen molar-refractivity contribution in [2.45, 2.75) is 13.0 Å². The summed E-state index contributed by atoms with van der Waals surface area (Å²) in [5.74, 6) is 0. The van der Waals surface area contributed by atoms with Crippen LogP contribution < -0.4 is 0 Å². The second-order valence-corrected chi connectivity index (χ2v) is 3.43. The Bertz CT molecular complexity index is 244. The molecule has 1 fully saturated rings. The minimum atomic E-state index is 0.733. The van der Waals surface area contributed by atoms with E-state index in [1.165, 1.54) is 25.1 Å². The van der Waals surface area contributed by atoms with Crippen LogP contribution in [-0.4, -0.2) is 24.7 Å². The van der Waals surface area contributed by atoms with E-state index in [4.69, 9.17) is 4.74 Å². The Morgan fingerprint density at radius 3 is 2.54 bits per heavy atom. The molecule has 1 aliphatic heterocycles. The predicted octanol–water partition coefficient (Wildman–Crippen LogP) is 1.87. The molecule has 2 nitrogen and oxygen atoms in total. The molecule has 0 N–H and O–H groups in total. The fourth-order valence-corrected chi connectivity index (χ4v) is 1.38. The third-order valence-electron chi connectivity index (χ3n) is 2.33. The average Bonchev–Trinajstić information content (AvgIpc) is 2.11. The standard InChI is InChI=1S/C11H15NO/c1-2-5-11(6-3-1)9-13-10-12-7-4-8-12/h1-3,5-6H,4,7-10H2. The van der Waals surface area contributed by atoms with Gasteiger partial charge in [-0.3, -0.25) is 4.90 Å². The molecule has 0 radical (unpaired) electrons. The fraction of sp³-hybridized carbons (Fsp3) is 0.455. The molecule has 0 unspecified atom stereocenters. The molecule has 1 saturated heterocycles. The number of hydrogen-bond acceptors (Lipinski definition) is 2. The Balaban J connectivity index is 1.67. The molecule has 13 heavy (non-hydrogen) atoms. The van der Waals surface area contributed by atoms with Gasteiger partial charge in [-0.25, -0.2) is 0 Å². The highest BCUT2D eigenvalue weighted by molar-refractivity contribution is 5.13. The van der Waals surface area contributed by atoms with Gasteiger partial charge in [0.2, 0.25) is 0 Å². The van der Waals surface area contributed by atoms with E-state index in [9.17, 15) is 0 Å². The smallest absolute Gasteiger partial charge is 0.0994 e. The number of ether oxygens (including phenoxy) is 1. The van der Waals surface area contributed by atoms with Crippen LogP contribution in [0.5, 0.6) is 0 Å². The maximum Gasteiger partial charge on any atom is 0.0994 e. The molecule has 0 aliphatic carbocycles. The Morgan fingerprint density at radius 1 is 1.15 bits per heavy atom. The van der Waals surface area contributed by atoms with E-state index >= 15 is 0 Å². The van der Waals surface area contributed by atoms with E-state index in [1.54, 1.807) is 0 Å². The fourth-order valence-electron chi connectivity index (χ4n) is 1.38. The summed E-state index contributed by atoms with van der Waals surface area (Å²) in [5.41, 5.74) is 1.25. The van der Waals surface area contributed by atoms with Crippen molar-refractivity contribution in [3.05, 3.63) is 35.9 Å². The van der Waals surface area contributed by atoms with Gasteiger partial charge in [0.15, 0.2) is 0 Å². The van der Waals surface area contributed by atoms with Crippen molar-refractivity contribution < 1.29 is 4.74 Å². The van der Waals surface area contributed by atoms with E-state index in [0.29, 0.717) is 0 Å². The first-order chi connectivity index (χ1) is 6.45. The van der Waals surface area contributed by atoms with Crippen LogP contribution in [0, 0.1) is 0 Å². The van der Waals surface area contributed by atoms with Crippen molar-refractivity contribution in [3.63, 3.8) is 0 Å². The lowest BCUT2D eigenvalue weighted by Gasteiger charge is -2.30. The molecule has 0 bridgehead atoms. The highest BCUT2D eigenvalue weighted by Gasteiger charge is 2.12. The van der Waals surface area contributed by atoms with Crippen molar-refractivity contribution >= 4 is 0 Å². The van der Waals surface area contributed by atoms with Gasteiger partial charge in [-0.05, 0) is 12.0 Å². The van der Waals surface area contributed by atoms with Crippen molar-refractivity contribution in [1.29, 1.82) is 0 Å². The molecule has 2 rings (SSSR count). The lowest BCUT2D eigenvalue weighted by molar-refractivity contribution is -0.0111. The highest BCUT2D eigenvalue weighted by atomic mass is 16.5. The topological polar surface area (TPSA) is 12.5 Å². The molecule has 0 amide bonds. The van der Waals surface area contributed by atoms with E-state index in [2.05, 4.69) is 17.0 Å². The number of rotatable bonds is 4. The van der Waals surface area contributed by atoms with Crippen LogP contribution >= 0.6 is 0 Å². The SMILES string of the molecule is c1ccc(COCN2CCC2)cc1. The zero-order valence-electron chi connectivity index (χ0n) is 7.78. The number of nitrogens with zero attached hydrogens (tertiary/aromatic N) is 1. The molecule has 0 saturated carbocycles. The number of likely N-dealkylation sites (tertiary alicyclic amines) is 1. The van der Waals surface area contributed by atoms with Crippen LogP contribution in [0.1, 0.15) is 12.0 Å². The summed E-state index contributed by atoms with van der Waals surface area (Å²) in [6.07, 6.45) is 1.33. The van der Waals surface area contributed by atoms with Crippen molar-refractivity contribution in [2.75, 3.05) is 19.8 Å². The third kappa shape index (κ3) is 2.54. The summed E-state index contributed by atoms with van der Waals surface area (Å²) in [7, 11) is 0. The second kappa shape index (κ2) is 4.40. The number of benzene rings is 1. The first kappa shape index (κ1) is 8.73. The van der Waals surface area contributed by atoms with Crippen LogP contribution in [0.3, 0.4) is 0 Å². The van der Waals surface area contributed by atoms with Crippen LogP contribution in [0.25, 0.3) is 0 Å². The van der Waals surface area contributed by atoms with Crippen molar-refractivity contribution in [1.82, 2.24) is 4.90 Å². The van der Waals surface area contributed by atoms with Gasteiger partial charge in [0.1, 0.15) is 0 Å². The average molecular weight is 177 g/mol. The molecular formula is C11H15NO. The monoisotopic (exact) mass is 177 g/mol. The van der Waals surface area contributed by atoms with E-state index < -0.39 is 0 Å². The van der Waals surface area contributed by atoms with Crippen LogP contribution in [0.15, 0.2) is 30.3 Å². The Kier molecular flexibility index (Phi) is 2.95. The molecule has 1 heterocycles. The molecule has 2 heteroatoms.